The minimum atomic E-state index is 0.395. The van der Waals surface area contributed by atoms with Gasteiger partial charge in [-0.3, -0.25) is 4.90 Å². The number of nitrogens with zero attached hydrogens (tertiary/aromatic N) is 1. The Morgan fingerprint density at radius 2 is 2.00 bits per heavy atom. The topological polar surface area (TPSA) is 23.5 Å². The van der Waals surface area contributed by atoms with E-state index in [0.29, 0.717) is 11.8 Å². The van der Waals surface area contributed by atoms with Crippen LogP contribution in [-0.2, 0) is 6.54 Å². The first-order chi connectivity index (χ1) is 8.72. The Kier molecular flexibility index (Phi) is 5.07. The molecule has 0 atom stereocenters. The predicted molar refractivity (Wildman–Crippen MR) is 78.8 cm³/mol. The molecule has 0 unspecified atom stereocenters. The largest absolute Gasteiger partial charge is 0.506 e. The molecule has 0 amide bonds. The molecule has 3 heteroatoms. The Morgan fingerprint density at radius 1 is 1.28 bits per heavy atom. The van der Waals surface area contributed by atoms with E-state index in [9.17, 15) is 5.11 Å². The molecule has 1 saturated carbocycles. The zero-order chi connectivity index (χ0) is 13.0. The number of rotatable bonds is 4. The van der Waals surface area contributed by atoms with Gasteiger partial charge in [0.15, 0.2) is 0 Å². The second kappa shape index (κ2) is 6.58. The summed E-state index contributed by atoms with van der Waals surface area (Å²) in [5.74, 6) is 0.395. The number of benzene rings is 1. The van der Waals surface area contributed by atoms with Gasteiger partial charge in [-0.25, -0.2) is 0 Å². The summed E-state index contributed by atoms with van der Waals surface area (Å²) in [6, 6.07) is 6.59. The van der Waals surface area contributed by atoms with Gasteiger partial charge in [0.25, 0.3) is 0 Å². The van der Waals surface area contributed by atoms with Crippen molar-refractivity contribution in [2.75, 3.05) is 6.54 Å². The van der Waals surface area contributed by atoms with E-state index in [4.69, 9.17) is 0 Å². The monoisotopic (exact) mass is 311 g/mol. The van der Waals surface area contributed by atoms with Crippen molar-refractivity contribution in [1.82, 2.24) is 4.90 Å². The van der Waals surface area contributed by atoms with Crippen LogP contribution in [0.4, 0.5) is 0 Å². The molecule has 0 bridgehead atoms. The zero-order valence-corrected chi connectivity index (χ0v) is 12.6. The minimum absolute atomic E-state index is 0.395. The van der Waals surface area contributed by atoms with E-state index in [1.165, 1.54) is 32.1 Å². The van der Waals surface area contributed by atoms with Gasteiger partial charge in [-0.1, -0.05) is 38.3 Å². The molecule has 1 aliphatic carbocycles. The third kappa shape index (κ3) is 3.27. The summed E-state index contributed by atoms with van der Waals surface area (Å²) in [5, 5.41) is 10.1. The van der Waals surface area contributed by atoms with Crippen LogP contribution in [0, 0.1) is 0 Å². The fourth-order valence-electron chi connectivity index (χ4n) is 2.85. The van der Waals surface area contributed by atoms with Gasteiger partial charge in [0.1, 0.15) is 5.75 Å². The Morgan fingerprint density at radius 3 is 2.67 bits per heavy atom. The van der Waals surface area contributed by atoms with E-state index in [1.54, 1.807) is 0 Å². The van der Waals surface area contributed by atoms with Crippen molar-refractivity contribution >= 4 is 15.9 Å². The molecule has 0 heterocycles. The van der Waals surface area contributed by atoms with Crippen LogP contribution in [-0.4, -0.2) is 22.6 Å². The van der Waals surface area contributed by atoms with Crippen LogP contribution in [0.1, 0.15) is 44.6 Å². The van der Waals surface area contributed by atoms with E-state index in [1.807, 2.05) is 18.2 Å². The molecule has 100 valence electrons. The maximum Gasteiger partial charge on any atom is 0.134 e. The maximum absolute atomic E-state index is 10.1. The van der Waals surface area contributed by atoms with Crippen LogP contribution < -0.4 is 0 Å². The van der Waals surface area contributed by atoms with Gasteiger partial charge in [0, 0.05) is 18.2 Å². The zero-order valence-electron chi connectivity index (χ0n) is 11.0. The summed E-state index contributed by atoms with van der Waals surface area (Å²) in [6.45, 7) is 4.12. The quantitative estimate of drug-likeness (QED) is 0.895. The number of halogens is 1. The van der Waals surface area contributed by atoms with E-state index < -0.39 is 0 Å². The van der Waals surface area contributed by atoms with Crippen molar-refractivity contribution in [1.29, 1.82) is 0 Å². The maximum atomic E-state index is 10.1. The van der Waals surface area contributed by atoms with Gasteiger partial charge in [0.2, 0.25) is 0 Å². The van der Waals surface area contributed by atoms with Crippen molar-refractivity contribution in [2.24, 2.45) is 0 Å². The first kappa shape index (κ1) is 13.9. The number of hydrogen-bond donors (Lipinski definition) is 1. The molecule has 18 heavy (non-hydrogen) atoms. The highest BCUT2D eigenvalue weighted by molar-refractivity contribution is 9.10. The number of phenols is 1. The van der Waals surface area contributed by atoms with Crippen LogP contribution in [0.2, 0.25) is 0 Å². The van der Waals surface area contributed by atoms with Gasteiger partial charge in [0.05, 0.1) is 4.47 Å². The lowest BCUT2D eigenvalue weighted by Gasteiger charge is -2.33. The molecule has 1 aromatic rings. The number of aromatic hydroxyl groups is 1. The first-order valence-electron chi connectivity index (χ1n) is 6.92. The van der Waals surface area contributed by atoms with E-state index in [2.05, 4.69) is 27.8 Å². The fraction of sp³-hybridized carbons (Fsp3) is 0.600. The van der Waals surface area contributed by atoms with E-state index >= 15 is 0 Å². The molecule has 1 aromatic carbocycles. The molecular weight excluding hydrogens is 290 g/mol. The van der Waals surface area contributed by atoms with Crippen LogP contribution in [0.3, 0.4) is 0 Å². The smallest absolute Gasteiger partial charge is 0.134 e. The lowest BCUT2D eigenvalue weighted by atomic mass is 9.94. The van der Waals surface area contributed by atoms with Gasteiger partial charge in [-0.15, -0.1) is 0 Å². The SMILES string of the molecule is CCN(Cc1cccc(Br)c1O)C1CCCCC1. The van der Waals surface area contributed by atoms with Gasteiger partial charge < -0.3 is 5.11 Å². The molecular formula is C15H22BrNO. The lowest BCUT2D eigenvalue weighted by Crippen LogP contribution is -2.36. The lowest BCUT2D eigenvalue weighted by molar-refractivity contribution is 0.154. The highest BCUT2D eigenvalue weighted by atomic mass is 79.9. The molecule has 0 aliphatic heterocycles. The van der Waals surface area contributed by atoms with Crippen molar-refractivity contribution in [3.8, 4) is 5.75 Å². The highest BCUT2D eigenvalue weighted by Crippen LogP contribution is 2.30. The van der Waals surface area contributed by atoms with Crippen molar-refractivity contribution in [2.45, 2.75) is 51.6 Å². The molecule has 0 saturated heterocycles. The van der Waals surface area contributed by atoms with Crippen LogP contribution in [0.25, 0.3) is 0 Å². The molecule has 0 radical (unpaired) electrons. The highest BCUT2D eigenvalue weighted by Gasteiger charge is 2.20. The van der Waals surface area contributed by atoms with Crippen molar-refractivity contribution in [3.63, 3.8) is 0 Å². The fourth-order valence-corrected chi connectivity index (χ4v) is 3.26. The average Bonchev–Trinajstić information content (AvgIpc) is 2.41. The summed E-state index contributed by atoms with van der Waals surface area (Å²) in [6.07, 6.45) is 6.71. The third-order valence-electron chi connectivity index (χ3n) is 3.94. The first-order valence-corrected chi connectivity index (χ1v) is 7.72. The second-order valence-corrected chi connectivity index (χ2v) is 5.96. The second-order valence-electron chi connectivity index (χ2n) is 5.10. The average molecular weight is 312 g/mol. The number of phenolic OH excluding ortho intramolecular Hbond substituents is 1. The van der Waals surface area contributed by atoms with E-state index in [-0.39, 0.29) is 0 Å². The van der Waals surface area contributed by atoms with Crippen LogP contribution in [0.15, 0.2) is 22.7 Å². The normalized spacial score (nSPS) is 17.3. The summed E-state index contributed by atoms with van der Waals surface area (Å²) in [5.41, 5.74) is 1.02. The third-order valence-corrected chi connectivity index (χ3v) is 4.58. The number of para-hydroxylation sites is 1. The Bertz CT molecular complexity index is 388. The van der Waals surface area contributed by atoms with Crippen molar-refractivity contribution < 1.29 is 5.11 Å². The Labute approximate surface area is 118 Å². The van der Waals surface area contributed by atoms with Crippen molar-refractivity contribution in [3.05, 3.63) is 28.2 Å². The summed E-state index contributed by atoms with van der Waals surface area (Å²) < 4.78 is 0.791. The standard InChI is InChI=1S/C15H22BrNO/c1-2-17(13-8-4-3-5-9-13)11-12-7-6-10-14(16)15(12)18/h6-7,10,13,18H,2-5,8-9,11H2,1H3. The molecule has 2 rings (SSSR count). The van der Waals surface area contributed by atoms with E-state index in [0.717, 1.165) is 23.1 Å². The molecule has 2 nitrogen and oxygen atoms in total. The molecule has 0 spiro atoms. The van der Waals surface area contributed by atoms with Crippen LogP contribution >= 0.6 is 15.9 Å². The van der Waals surface area contributed by atoms with Gasteiger partial charge in [-0.05, 0) is 41.4 Å². The Balaban J connectivity index is 2.07. The summed E-state index contributed by atoms with van der Waals surface area (Å²) in [7, 11) is 0. The summed E-state index contributed by atoms with van der Waals surface area (Å²) >= 11 is 3.39. The van der Waals surface area contributed by atoms with Gasteiger partial charge in [-0.2, -0.15) is 0 Å². The predicted octanol–water partition coefficient (Wildman–Crippen LogP) is 4.31. The molecule has 0 aromatic heterocycles. The Hall–Kier alpha value is -0.540. The molecule has 1 aliphatic rings. The molecule has 1 N–H and O–H groups in total. The summed E-state index contributed by atoms with van der Waals surface area (Å²) in [4.78, 5) is 2.50. The number of hydrogen-bond acceptors (Lipinski definition) is 2. The minimum Gasteiger partial charge on any atom is -0.506 e. The van der Waals surface area contributed by atoms with Crippen LogP contribution in [0.5, 0.6) is 5.75 Å². The molecule has 1 fully saturated rings. The van der Waals surface area contributed by atoms with Gasteiger partial charge >= 0.3 is 0 Å².